The fourth-order valence-electron chi connectivity index (χ4n) is 9.39. The smallest absolute Gasteiger partial charge is 0.745 e. The predicted molar refractivity (Wildman–Crippen MR) is 422 cm³/mol. The van der Waals surface area contributed by atoms with Crippen molar-refractivity contribution in [1.82, 2.24) is 0 Å². The third kappa shape index (κ3) is 43.4. The molecule has 0 aliphatic heterocycles. The molecule has 618 valence electrons. The van der Waals surface area contributed by atoms with Gasteiger partial charge in [0.25, 0.3) is 0 Å². The number of methoxy groups -OCH3 is 2. The zero-order chi connectivity index (χ0) is 86.4. The average Bonchev–Trinajstić information content (AvgIpc) is 0.794. The van der Waals surface area contributed by atoms with E-state index in [1.807, 2.05) is 77.9 Å². The van der Waals surface area contributed by atoms with Gasteiger partial charge >= 0.3 is 165 Å². The minimum atomic E-state index is -4.89. The summed E-state index contributed by atoms with van der Waals surface area (Å²) in [6.45, 7) is 13.1. The van der Waals surface area contributed by atoms with E-state index in [9.17, 15) is 57.1 Å². The monoisotopic (exact) mass is 1730 g/mol. The van der Waals surface area contributed by atoms with Crippen molar-refractivity contribution in [3.8, 4) is 57.1 Å². The second-order valence-corrected chi connectivity index (χ2v) is 27.7. The molecule has 0 amide bonds. The summed E-state index contributed by atoms with van der Waals surface area (Å²) in [5, 5.41) is 54.4. The Bertz CT molecular complexity index is 5040. The number of benzene rings is 8. The van der Waals surface area contributed by atoms with Gasteiger partial charge in [-0.25, -0.2) is 33.0 Å². The number of hydrogen-bond donors (Lipinski definition) is 2. The Morgan fingerprint density at radius 3 is 1.50 bits per heavy atom. The Labute approximate surface area is 792 Å². The summed E-state index contributed by atoms with van der Waals surface area (Å²) >= 11 is 0. The number of esters is 5. The zero-order valence-corrected chi connectivity index (χ0v) is 79.0. The molecule has 36 heteroatoms. The van der Waals surface area contributed by atoms with Gasteiger partial charge in [0.05, 0.1) is 72.3 Å². The van der Waals surface area contributed by atoms with Crippen molar-refractivity contribution in [1.29, 1.82) is 5.26 Å². The van der Waals surface area contributed by atoms with Gasteiger partial charge < -0.3 is 62.6 Å². The molecule has 8 aromatic carbocycles. The summed E-state index contributed by atoms with van der Waals surface area (Å²) in [5.41, 5.74) is 4.50. The van der Waals surface area contributed by atoms with Crippen LogP contribution in [-0.4, -0.2) is 132 Å². The molecule has 0 atom stereocenters. The van der Waals surface area contributed by atoms with Gasteiger partial charge in [-0.3, -0.25) is 9.59 Å². The zero-order valence-electron chi connectivity index (χ0n) is 69.3. The molecule has 0 aliphatic carbocycles. The maximum atomic E-state index is 12.7. The molecule has 0 spiro atoms. The van der Waals surface area contributed by atoms with Crippen LogP contribution < -0.4 is 138 Å². The number of nitriles is 1. The van der Waals surface area contributed by atoms with Crippen LogP contribution in [0.25, 0.3) is 34.4 Å². The number of phenols is 2. The number of carbonyl (C=O) groups excluding carboxylic acids is 8. The number of carboxylic acid groups (broad SMARTS) is 1. The largest absolute Gasteiger partial charge is 1.00 e. The van der Waals surface area contributed by atoms with E-state index < -0.39 is 71.6 Å². The van der Waals surface area contributed by atoms with Crippen LogP contribution in [0.4, 0.5) is 22.7 Å². The molecular weight excluding hydrogens is 1650 g/mol. The molecule has 2 N–H and O–H groups in total. The van der Waals surface area contributed by atoms with E-state index in [-0.39, 0.29) is 190 Å². The number of ether oxygens (including phenoxy) is 8. The van der Waals surface area contributed by atoms with Crippen LogP contribution in [0.2, 0.25) is 0 Å². The van der Waals surface area contributed by atoms with Gasteiger partial charge in [-0.2, -0.15) is 25.1 Å². The van der Waals surface area contributed by atoms with E-state index in [1.54, 1.807) is 66.7 Å². The topological polar surface area (TPSA) is 456 Å². The third-order valence-corrected chi connectivity index (χ3v) is 17.6. The number of azo groups is 2. The molecular formula is C85H87N5Na4O25S2. The van der Waals surface area contributed by atoms with Crippen molar-refractivity contribution in [2.75, 3.05) is 53.9 Å². The van der Waals surface area contributed by atoms with Crippen LogP contribution >= 0.6 is 0 Å². The van der Waals surface area contributed by atoms with Gasteiger partial charge in [-0.15, -0.1) is 66.7 Å². The normalized spacial score (nSPS) is 10.6. The molecule has 0 fully saturated rings. The standard InChI is InChI=1S/C35H48O9.C25H16N4O7S.C24H25NO4.CO2.4Na.O3S/c1-6-35(2,3)34(38)43-23-13-11-9-7-8-10-12-22-41-29-18-16-28(17-19-29)33(37)44-30-20-14-27(26-31(30)40-5)15-21-32(36)42-25-24-39-4;30-20-9-5-17(6-10-20)27-29-19-7-11-21(24(14-19)37(34,35)36)15-1-3-16(4-2-15)26-28-18-8-12-23(31)22(13-18)25(32)33;1-4-24(2,3)23(27)29-16-15-28-22(26)14-9-18-5-10-20(11-6-18)21-12-7-19(17-25)8-13-21;2-1-3;;;;;1-4(2)3/h14-21,26H,6-13,22-25H2,1-5H3;1,3-9,11-14,30-31H,(H,32,33)(H,34,35,36);5-14H,4,15-16H2,1-3H3;;;;;;/q;-2;;;4*+1;/p-2/b21-15+;;14-9+;;;;;;. The summed E-state index contributed by atoms with van der Waals surface area (Å²) < 4.78 is 103. The quantitative estimate of drug-likeness (QED) is 0.00656. The van der Waals surface area contributed by atoms with Crippen LogP contribution in [-0.2, 0) is 73.2 Å². The van der Waals surface area contributed by atoms with Crippen LogP contribution in [0, 0.1) is 34.3 Å². The van der Waals surface area contributed by atoms with E-state index >= 15 is 0 Å². The number of nitrogens with zero attached hydrogens (tertiary/aromatic N) is 5. The molecule has 0 aliphatic rings. The number of unbranched alkanes of at least 4 members (excludes halogenated alkanes) is 6. The minimum Gasteiger partial charge on any atom is -0.745 e. The number of rotatable bonds is 36. The first-order valence-electron chi connectivity index (χ1n) is 36.0. The van der Waals surface area contributed by atoms with Crippen LogP contribution in [0.1, 0.15) is 137 Å². The van der Waals surface area contributed by atoms with Crippen molar-refractivity contribution < 1.29 is 235 Å². The summed E-state index contributed by atoms with van der Waals surface area (Å²) in [6.07, 6.45) is 15.0. The fourth-order valence-corrected chi connectivity index (χ4v) is 10.1. The molecule has 30 nitrogen and oxygen atoms in total. The second kappa shape index (κ2) is 60.3. The molecule has 0 radical (unpaired) electrons. The van der Waals surface area contributed by atoms with Crippen molar-refractivity contribution in [2.45, 2.75) is 104 Å². The molecule has 0 heterocycles. The van der Waals surface area contributed by atoms with E-state index in [2.05, 4.69) is 38.7 Å². The van der Waals surface area contributed by atoms with Gasteiger partial charge in [0.15, 0.2) is 11.5 Å². The van der Waals surface area contributed by atoms with E-state index in [0.29, 0.717) is 65.8 Å². The van der Waals surface area contributed by atoms with Crippen molar-refractivity contribution in [3.05, 3.63) is 216 Å². The van der Waals surface area contributed by atoms with Gasteiger partial charge in [0.2, 0.25) is 0 Å². The first-order chi connectivity index (χ1) is 55.8. The SMILES string of the molecule is CCC(C)(C)C(=O)OCCCCCCCCCOc1ccc(C(=O)Oc2ccc(/C=C/C(=O)OCCOC)cc2OC)cc1.CCC(C)(C)C(=O)OCCOC(=O)/C=C/c1ccc(-c2ccc(C#N)cc2)cc1.O=C([O-])c1cc(N=Nc2c[c-]c(-c3ccc(N=Nc4c[c-]c(O)cc4)cc3S(=O)(=O)[O-])cc2)ccc1O.O=C=O.O=S(=O)=O.[Na+].[Na+].[Na+].[Na+]. The molecule has 0 bridgehead atoms. The van der Waals surface area contributed by atoms with Crippen LogP contribution in [0.5, 0.6) is 28.7 Å². The van der Waals surface area contributed by atoms with Gasteiger partial charge in [-0.1, -0.05) is 100 Å². The van der Waals surface area contributed by atoms with Crippen molar-refractivity contribution >= 4 is 97.6 Å². The minimum absolute atomic E-state index is 0. The number of aromatic hydroxyl groups is 2. The number of hydrogen-bond acceptors (Lipinski definition) is 30. The van der Waals surface area contributed by atoms with Gasteiger partial charge in [0.1, 0.15) is 41.4 Å². The molecule has 8 aromatic rings. The molecule has 8 rings (SSSR count). The number of aromatic carboxylic acids is 1. The molecule has 0 aromatic heterocycles. The fraction of sp³-hybridized carbons (Fsp3) is 0.294. The summed E-state index contributed by atoms with van der Waals surface area (Å²) in [7, 11) is -5.00. The number of carboxylic acids is 1. The summed E-state index contributed by atoms with van der Waals surface area (Å²) in [4.78, 5) is 86.8. The maximum Gasteiger partial charge on any atom is 1.00 e. The first-order valence-corrected chi connectivity index (χ1v) is 38.4. The van der Waals surface area contributed by atoms with Gasteiger partial charge in [-0.05, 0) is 172 Å². The van der Waals surface area contributed by atoms with Crippen LogP contribution in [0.3, 0.4) is 0 Å². The molecule has 0 saturated heterocycles. The second-order valence-electron chi connectivity index (χ2n) is 25.9. The molecule has 121 heavy (non-hydrogen) atoms. The van der Waals surface area contributed by atoms with Crippen LogP contribution in [0.15, 0.2) is 201 Å². The molecule has 0 unspecified atom stereocenters. The first kappa shape index (κ1) is 112. The van der Waals surface area contributed by atoms with E-state index in [0.717, 1.165) is 86.3 Å². The third-order valence-electron chi connectivity index (χ3n) is 16.7. The Morgan fingerprint density at radius 2 is 1.01 bits per heavy atom. The summed E-state index contributed by atoms with van der Waals surface area (Å²) in [5.74, 6) is -2.71. The summed E-state index contributed by atoms with van der Waals surface area (Å²) in [6, 6.07) is 50.5. The van der Waals surface area contributed by atoms with Crippen molar-refractivity contribution in [3.63, 3.8) is 0 Å². The van der Waals surface area contributed by atoms with Gasteiger partial charge in [0, 0.05) is 41.2 Å². The predicted octanol–water partition coefficient (Wildman–Crippen LogP) is 2.86. The Balaban J connectivity index is 0.00000172. The molecule has 0 saturated carbocycles. The van der Waals surface area contributed by atoms with E-state index in [1.165, 1.54) is 81.0 Å². The number of carbonyl (C=O) groups is 6. The Hall–Kier alpha value is -9.18. The maximum absolute atomic E-state index is 12.7. The average molecular weight is 1730 g/mol. The Kier molecular flexibility index (Phi) is 55.8. The Morgan fingerprint density at radius 1 is 0.545 bits per heavy atom. The number of phenolic OH excluding ortho intramolecular Hbond substituents is 1. The van der Waals surface area contributed by atoms with Crippen molar-refractivity contribution in [2.24, 2.45) is 31.3 Å². The van der Waals surface area contributed by atoms with E-state index in [4.69, 9.17) is 65.4 Å².